The van der Waals surface area contributed by atoms with Gasteiger partial charge in [-0.25, -0.2) is 9.18 Å². The molecule has 2 aromatic carbocycles. The van der Waals surface area contributed by atoms with E-state index >= 15 is 0 Å². The molecule has 0 radical (unpaired) electrons. The summed E-state index contributed by atoms with van der Waals surface area (Å²) in [6, 6.07) is 12.2. The van der Waals surface area contributed by atoms with E-state index in [9.17, 15) is 22.4 Å². The van der Waals surface area contributed by atoms with Gasteiger partial charge in [-0.2, -0.15) is 13.2 Å². The van der Waals surface area contributed by atoms with Crippen LogP contribution in [0.3, 0.4) is 0 Å². The summed E-state index contributed by atoms with van der Waals surface area (Å²) in [4.78, 5) is 16.6. The molecule has 4 nitrogen and oxygen atoms in total. The van der Waals surface area contributed by atoms with Gasteiger partial charge in [0.05, 0.1) is 23.4 Å². The lowest BCUT2D eigenvalue weighted by molar-refractivity contribution is -0.137. The number of halogens is 4. The molecule has 1 aromatic heterocycles. The zero-order valence-electron chi connectivity index (χ0n) is 19.0. The van der Waals surface area contributed by atoms with Crippen molar-refractivity contribution >= 4 is 17.1 Å². The lowest BCUT2D eigenvalue weighted by Gasteiger charge is -2.17. The highest BCUT2D eigenvalue weighted by Gasteiger charge is 2.32. The summed E-state index contributed by atoms with van der Waals surface area (Å²) >= 11 is 0. The van der Waals surface area contributed by atoms with Crippen molar-refractivity contribution in [2.24, 2.45) is 0 Å². The van der Waals surface area contributed by atoms with Gasteiger partial charge in [0.25, 0.3) is 0 Å². The van der Waals surface area contributed by atoms with E-state index in [1.165, 1.54) is 30.5 Å². The van der Waals surface area contributed by atoms with Crippen molar-refractivity contribution in [1.82, 2.24) is 4.98 Å². The summed E-state index contributed by atoms with van der Waals surface area (Å²) in [5.74, 6) is -0.584. The van der Waals surface area contributed by atoms with Gasteiger partial charge in [-0.1, -0.05) is 12.1 Å². The molecule has 0 fully saturated rings. The van der Waals surface area contributed by atoms with Crippen LogP contribution in [0.2, 0.25) is 0 Å². The largest absolute Gasteiger partial charge is 0.488 e. The molecule has 0 atom stereocenters. The molecule has 1 aliphatic carbocycles. The lowest BCUT2D eigenvalue weighted by atomic mass is 9.96. The van der Waals surface area contributed by atoms with Gasteiger partial charge < -0.3 is 9.47 Å². The molecule has 0 amide bonds. The zero-order valence-corrected chi connectivity index (χ0v) is 19.0. The summed E-state index contributed by atoms with van der Waals surface area (Å²) in [6.07, 6.45) is -1.17. The molecule has 182 valence electrons. The van der Waals surface area contributed by atoms with Crippen molar-refractivity contribution < 1.29 is 31.8 Å². The Labute approximate surface area is 200 Å². The average molecular weight is 485 g/mol. The van der Waals surface area contributed by atoms with E-state index in [2.05, 4.69) is 4.98 Å². The van der Waals surface area contributed by atoms with Gasteiger partial charge in [0.15, 0.2) is 0 Å². The van der Waals surface area contributed by atoms with Crippen LogP contribution in [0.4, 0.5) is 17.6 Å². The maximum Gasteiger partial charge on any atom is 0.416 e. The number of benzene rings is 2. The molecule has 0 saturated heterocycles. The number of hydrogen-bond acceptors (Lipinski definition) is 4. The van der Waals surface area contributed by atoms with Crippen LogP contribution >= 0.6 is 0 Å². The Morgan fingerprint density at radius 3 is 2.46 bits per heavy atom. The molecule has 1 heterocycles. The van der Waals surface area contributed by atoms with E-state index < -0.39 is 17.7 Å². The molecular formula is C27H23F4NO3. The zero-order chi connectivity index (χ0) is 25.0. The Hall–Kier alpha value is -3.68. The normalized spacial score (nSPS) is 13.7. The Morgan fingerprint density at radius 1 is 1.00 bits per heavy atom. The first-order valence-electron chi connectivity index (χ1n) is 11.2. The predicted molar refractivity (Wildman–Crippen MR) is 123 cm³/mol. The SMILES string of the molecule is CCOC(=O)c1ccnc(C2=C(c3cc(C(F)(F)F)ccc3OCc3ccc(F)cc3)CCC2)c1. The molecule has 0 bridgehead atoms. The fourth-order valence-corrected chi connectivity index (χ4v) is 4.07. The number of nitrogens with zero attached hydrogens (tertiary/aromatic N) is 1. The number of rotatable bonds is 7. The lowest BCUT2D eigenvalue weighted by Crippen LogP contribution is -2.07. The fraction of sp³-hybridized carbons (Fsp3) is 0.259. The number of aromatic nitrogens is 1. The first-order valence-corrected chi connectivity index (χ1v) is 11.2. The summed E-state index contributed by atoms with van der Waals surface area (Å²) in [7, 11) is 0. The van der Waals surface area contributed by atoms with Gasteiger partial charge in [-0.05, 0) is 85.4 Å². The van der Waals surface area contributed by atoms with E-state index in [1.54, 1.807) is 25.1 Å². The topological polar surface area (TPSA) is 48.4 Å². The molecule has 0 spiro atoms. The highest BCUT2D eigenvalue weighted by molar-refractivity contribution is 5.96. The monoisotopic (exact) mass is 485 g/mol. The third-order valence-corrected chi connectivity index (χ3v) is 5.74. The van der Waals surface area contributed by atoms with Crippen molar-refractivity contribution in [2.75, 3.05) is 6.61 Å². The number of hydrogen-bond donors (Lipinski definition) is 0. The van der Waals surface area contributed by atoms with Crippen molar-refractivity contribution in [3.05, 3.63) is 94.6 Å². The Kier molecular flexibility index (Phi) is 7.19. The van der Waals surface area contributed by atoms with Gasteiger partial charge in [0.2, 0.25) is 0 Å². The molecule has 8 heteroatoms. The van der Waals surface area contributed by atoms with Gasteiger partial charge >= 0.3 is 12.1 Å². The molecule has 0 saturated carbocycles. The smallest absolute Gasteiger partial charge is 0.416 e. The van der Waals surface area contributed by atoms with Crippen molar-refractivity contribution in [1.29, 1.82) is 0 Å². The fourth-order valence-electron chi connectivity index (χ4n) is 4.07. The second kappa shape index (κ2) is 10.3. The summed E-state index contributed by atoms with van der Waals surface area (Å²) in [5, 5.41) is 0. The highest BCUT2D eigenvalue weighted by Crippen LogP contribution is 2.44. The summed E-state index contributed by atoms with van der Waals surface area (Å²) < 4.78 is 64.8. The maximum atomic E-state index is 13.6. The number of carbonyl (C=O) groups excluding carboxylic acids is 1. The Balaban J connectivity index is 1.75. The minimum atomic E-state index is -4.52. The molecular weight excluding hydrogens is 462 g/mol. The van der Waals surface area contributed by atoms with Crippen LogP contribution in [0, 0.1) is 5.82 Å². The first kappa shape index (κ1) is 24.4. The van der Waals surface area contributed by atoms with Crippen LogP contribution in [-0.2, 0) is 17.5 Å². The number of carbonyl (C=O) groups is 1. The highest BCUT2D eigenvalue weighted by atomic mass is 19.4. The Bertz CT molecular complexity index is 1250. The molecule has 1 aliphatic rings. The van der Waals surface area contributed by atoms with Crippen molar-refractivity contribution in [3.8, 4) is 5.75 Å². The third-order valence-electron chi connectivity index (χ3n) is 5.74. The second-order valence-electron chi connectivity index (χ2n) is 8.08. The number of esters is 1. The van der Waals surface area contributed by atoms with E-state index in [0.29, 0.717) is 46.5 Å². The average Bonchev–Trinajstić information content (AvgIpc) is 3.33. The van der Waals surface area contributed by atoms with E-state index in [1.807, 2.05) is 0 Å². The van der Waals surface area contributed by atoms with Crippen LogP contribution < -0.4 is 4.74 Å². The third kappa shape index (κ3) is 5.70. The van der Waals surface area contributed by atoms with Crippen molar-refractivity contribution in [3.63, 3.8) is 0 Å². The molecule has 3 aromatic rings. The van der Waals surface area contributed by atoms with Crippen LogP contribution in [-0.4, -0.2) is 17.6 Å². The number of allylic oxidation sites excluding steroid dienone is 2. The molecule has 0 N–H and O–H groups in total. The van der Waals surface area contributed by atoms with Gasteiger partial charge in [0, 0.05) is 11.8 Å². The molecule has 0 unspecified atom stereocenters. The number of alkyl halides is 3. The van der Waals surface area contributed by atoms with E-state index in [0.717, 1.165) is 24.1 Å². The molecule has 35 heavy (non-hydrogen) atoms. The van der Waals surface area contributed by atoms with Gasteiger partial charge in [-0.3, -0.25) is 4.98 Å². The maximum absolute atomic E-state index is 13.6. The van der Waals surface area contributed by atoms with Crippen LogP contribution in [0.15, 0.2) is 60.8 Å². The molecule has 4 rings (SSSR count). The van der Waals surface area contributed by atoms with Gasteiger partial charge in [-0.15, -0.1) is 0 Å². The first-order chi connectivity index (χ1) is 16.8. The Morgan fingerprint density at radius 2 is 1.74 bits per heavy atom. The predicted octanol–water partition coefficient (Wildman–Crippen LogP) is 7.09. The summed E-state index contributed by atoms with van der Waals surface area (Å²) in [5.41, 5.74) is 2.53. The molecule has 0 aliphatic heterocycles. The van der Waals surface area contributed by atoms with Crippen LogP contribution in [0.25, 0.3) is 11.1 Å². The van der Waals surface area contributed by atoms with Crippen LogP contribution in [0.5, 0.6) is 5.75 Å². The number of ether oxygens (including phenoxy) is 2. The second-order valence-corrected chi connectivity index (χ2v) is 8.08. The summed E-state index contributed by atoms with van der Waals surface area (Å²) in [6.45, 7) is 2.00. The van der Waals surface area contributed by atoms with Crippen LogP contribution in [0.1, 0.15) is 58.9 Å². The minimum absolute atomic E-state index is 0.0673. The van der Waals surface area contributed by atoms with Gasteiger partial charge in [0.1, 0.15) is 18.2 Å². The van der Waals surface area contributed by atoms with Crippen molar-refractivity contribution in [2.45, 2.75) is 39.0 Å². The standard InChI is InChI=1S/C27H23F4NO3/c1-2-34-26(33)18-12-13-32-24(14-18)22-5-3-4-21(22)23-15-19(27(29,30)31)8-11-25(23)35-16-17-6-9-20(28)10-7-17/h6-15H,2-5,16H2,1H3. The quantitative estimate of drug-likeness (QED) is 0.265. The number of pyridine rings is 1. The van der Waals surface area contributed by atoms with E-state index in [4.69, 9.17) is 9.47 Å². The van der Waals surface area contributed by atoms with E-state index in [-0.39, 0.29) is 19.0 Å². The minimum Gasteiger partial charge on any atom is -0.488 e.